The molecule has 1 unspecified atom stereocenters. The Morgan fingerprint density at radius 3 is 2.88 bits per heavy atom. The zero-order valence-electron chi connectivity index (χ0n) is 14.5. The van der Waals surface area contributed by atoms with Gasteiger partial charge in [0.2, 0.25) is 5.89 Å². The molecule has 1 fully saturated rings. The van der Waals surface area contributed by atoms with Crippen LogP contribution in [0.5, 0.6) is 0 Å². The Labute approximate surface area is 147 Å². The van der Waals surface area contributed by atoms with Gasteiger partial charge in [-0.25, -0.2) is 9.78 Å². The number of aliphatic hydroxyl groups excluding tert-OH is 1. The Bertz CT molecular complexity index is 707. The van der Waals surface area contributed by atoms with Gasteiger partial charge in [-0.15, -0.1) is 0 Å². The number of rotatable bonds is 6. The van der Waals surface area contributed by atoms with Gasteiger partial charge in [0.1, 0.15) is 5.76 Å². The smallest absolute Gasteiger partial charge is 0.319 e. The first-order valence-corrected chi connectivity index (χ1v) is 8.85. The van der Waals surface area contributed by atoms with Gasteiger partial charge in [-0.05, 0) is 37.5 Å². The molecule has 0 aliphatic heterocycles. The molecule has 6 nitrogen and oxygen atoms in total. The lowest BCUT2D eigenvalue weighted by Crippen LogP contribution is -2.41. The Balaban J connectivity index is 1.58. The number of aryl methyl sites for hydroxylation is 1. The van der Waals surface area contributed by atoms with Crippen molar-refractivity contribution >= 4 is 11.7 Å². The minimum absolute atomic E-state index is 0.0421. The zero-order valence-corrected chi connectivity index (χ0v) is 14.5. The second kappa shape index (κ2) is 8.16. The minimum Gasteiger partial charge on any atom is -0.441 e. The number of nitrogens with zero attached hydrogens (tertiary/aromatic N) is 1. The predicted molar refractivity (Wildman–Crippen MR) is 96.3 cm³/mol. The number of anilines is 1. The van der Waals surface area contributed by atoms with E-state index in [1.165, 1.54) is 25.7 Å². The zero-order chi connectivity index (χ0) is 17.6. The third-order valence-electron chi connectivity index (χ3n) is 4.64. The van der Waals surface area contributed by atoms with Crippen molar-refractivity contribution in [3.05, 3.63) is 36.2 Å². The maximum atomic E-state index is 12.2. The molecule has 1 aliphatic rings. The first kappa shape index (κ1) is 17.5. The van der Waals surface area contributed by atoms with Crippen molar-refractivity contribution in [2.75, 3.05) is 11.9 Å². The average molecular weight is 343 g/mol. The van der Waals surface area contributed by atoms with E-state index >= 15 is 0 Å². The Morgan fingerprint density at radius 2 is 2.20 bits per heavy atom. The van der Waals surface area contributed by atoms with E-state index in [1.807, 2.05) is 31.2 Å². The molecule has 1 aromatic heterocycles. The topological polar surface area (TPSA) is 87.4 Å². The Kier molecular flexibility index (Phi) is 5.71. The lowest BCUT2D eigenvalue weighted by Gasteiger charge is -2.20. The highest BCUT2D eigenvalue weighted by Gasteiger charge is 2.21. The molecule has 134 valence electrons. The summed E-state index contributed by atoms with van der Waals surface area (Å²) in [7, 11) is 0. The number of urea groups is 1. The molecule has 3 N–H and O–H groups in total. The SMILES string of the molecule is Cc1cnc(-c2cccc(NC(=O)NC(CO)CC3CCCC3)c2)o1. The molecule has 3 rings (SSSR count). The molecule has 6 heteroatoms. The van der Waals surface area contributed by atoms with Crippen LogP contribution in [0.25, 0.3) is 11.5 Å². The predicted octanol–water partition coefficient (Wildman–Crippen LogP) is 3.71. The van der Waals surface area contributed by atoms with Crippen LogP contribution in [-0.2, 0) is 0 Å². The van der Waals surface area contributed by atoms with Gasteiger partial charge in [0, 0.05) is 11.3 Å². The van der Waals surface area contributed by atoms with Crippen molar-refractivity contribution in [3.63, 3.8) is 0 Å². The first-order valence-electron chi connectivity index (χ1n) is 8.85. The van der Waals surface area contributed by atoms with Crippen LogP contribution >= 0.6 is 0 Å². The third kappa shape index (κ3) is 4.82. The second-order valence-electron chi connectivity index (χ2n) is 6.72. The molecule has 1 heterocycles. The van der Waals surface area contributed by atoms with E-state index in [0.29, 0.717) is 17.5 Å². The van der Waals surface area contributed by atoms with Crippen molar-refractivity contribution in [3.8, 4) is 11.5 Å². The fraction of sp³-hybridized carbons (Fsp3) is 0.474. The number of oxazole rings is 1. The van der Waals surface area contributed by atoms with Gasteiger partial charge in [0.05, 0.1) is 18.8 Å². The summed E-state index contributed by atoms with van der Waals surface area (Å²) in [4.78, 5) is 16.4. The molecule has 0 radical (unpaired) electrons. The highest BCUT2D eigenvalue weighted by Crippen LogP contribution is 2.28. The summed E-state index contributed by atoms with van der Waals surface area (Å²) in [6, 6.07) is 6.83. The number of aliphatic hydroxyl groups is 1. The summed E-state index contributed by atoms with van der Waals surface area (Å²) in [5.41, 5.74) is 1.46. The molecule has 0 spiro atoms. The fourth-order valence-corrected chi connectivity index (χ4v) is 3.40. The Morgan fingerprint density at radius 1 is 1.40 bits per heavy atom. The third-order valence-corrected chi connectivity index (χ3v) is 4.64. The molecule has 25 heavy (non-hydrogen) atoms. The average Bonchev–Trinajstić information content (AvgIpc) is 3.26. The van der Waals surface area contributed by atoms with Gasteiger partial charge in [0.15, 0.2) is 0 Å². The van der Waals surface area contributed by atoms with E-state index < -0.39 is 0 Å². The number of hydrogen-bond acceptors (Lipinski definition) is 4. The molecular weight excluding hydrogens is 318 g/mol. The van der Waals surface area contributed by atoms with Gasteiger partial charge in [0.25, 0.3) is 0 Å². The van der Waals surface area contributed by atoms with Crippen LogP contribution in [0.4, 0.5) is 10.5 Å². The normalized spacial score (nSPS) is 15.9. The molecule has 0 saturated heterocycles. The molecule has 0 bridgehead atoms. The minimum atomic E-state index is -0.308. The number of benzene rings is 1. The van der Waals surface area contributed by atoms with E-state index in [2.05, 4.69) is 15.6 Å². The van der Waals surface area contributed by atoms with E-state index in [0.717, 1.165) is 17.7 Å². The van der Waals surface area contributed by atoms with E-state index in [9.17, 15) is 9.90 Å². The van der Waals surface area contributed by atoms with Gasteiger partial charge in [-0.2, -0.15) is 0 Å². The van der Waals surface area contributed by atoms with Crippen LogP contribution in [0.1, 0.15) is 37.9 Å². The molecule has 1 aliphatic carbocycles. The van der Waals surface area contributed by atoms with E-state index in [1.54, 1.807) is 6.20 Å². The number of carbonyl (C=O) groups is 1. The van der Waals surface area contributed by atoms with Crippen LogP contribution in [0.3, 0.4) is 0 Å². The van der Waals surface area contributed by atoms with E-state index in [4.69, 9.17) is 4.42 Å². The van der Waals surface area contributed by atoms with Crippen LogP contribution < -0.4 is 10.6 Å². The largest absolute Gasteiger partial charge is 0.441 e. The van der Waals surface area contributed by atoms with Crippen LogP contribution in [0, 0.1) is 12.8 Å². The maximum absolute atomic E-state index is 12.2. The van der Waals surface area contributed by atoms with Gasteiger partial charge >= 0.3 is 6.03 Å². The molecule has 1 aromatic carbocycles. The van der Waals surface area contributed by atoms with Gasteiger partial charge in [-0.1, -0.05) is 31.7 Å². The first-order chi connectivity index (χ1) is 12.1. The monoisotopic (exact) mass is 343 g/mol. The lowest BCUT2D eigenvalue weighted by molar-refractivity contribution is 0.210. The van der Waals surface area contributed by atoms with Gasteiger partial charge in [-0.3, -0.25) is 0 Å². The number of nitrogens with one attached hydrogen (secondary N) is 2. The summed E-state index contributed by atoms with van der Waals surface area (Å²) in [5, 5.41) is 15.2. The summed E-state index contributed by atoms with van der Waals surface area (Å²) in [5.74, 6) is 1.87. The summed E-state index contributed by atoms with van der Waals surface area (Å²) in [6.45, 7) is 1.80. The van der Waals surface area contributed by atoms with Crippen LogP contribution in [0.15, 0.2) is 34.9 Å². The molecule has 1 saturated carbocycles. The van der Waals surface area contributed by atoms with Crippen molar-refractivity contribution in [1.29, 1.82) is 0 Å². The standard InChI is InChI=1S/C19H25N3O3/c1-13-11-20-18(25-13)15-7-4-8-16(10-15)21-19(24)22-17(12-23)9-14-5-2-3-6-14/h4,7-8,10-11,14,17,23H,2-3,5-6,9,12H2,1H3,(H2,21,22,24). The number of amides is 2. The van der Waals surface area contributed by atoms with Crippen LogP contribution in [0.2, 0.25) is 0 Å². The summed E-state index contributed by atoms with van der Waals surface area (Å²) < 4.78 is 5.51. The number of carbonyl (C=O) groups excluding carboxylic acids is 1. The highest BCUT2D eigenvalue weighted by atomic mass is 16.4. The maximum Gasteiger partial charge on any atom is 0.319 e. The molecule has 2 aromatic rings. The van der Waals surface area contributed by atoms with E-state index in [-0.39, 0.29) is 18.7 Å². The van der Waals surface area contributed by atoms with Crippen molar-refractivity contribution in [1.82, 2.24) is 10.3 Å². The second-order valence-corrected chi connectivity index (χ2v) is 6.72. The summed E-state index contributed by atoms with van der Waals surface area (Å²) in [6.07, 6.45) is 7.38. The molecule has 1 atom stereocenters. The number of hydrogen-bond donors (Lipinski definition) is 3. The van der Waals surface area contributed by atoms with Gasteiger partial charge < -0.3 is 20.2 Å². The fourth-order valence-electron chi connectivity index (χ4n) is 3.40. The molecular formula is C19H25N3O3. The summed E-state index contributed by atoms with van der Waals surface area (Å²) >= 11 is 0. The van der Waals surface area contributed by atoms with Crippen LogP contribution in [-0.4, -0.2) is 28.8 Å². The highest BCUT2D eigenvalue weighted by molar-refractivity contribution is 5.90. The molecule has 2 amide bonds. The van der Waals surface area contributed by atoms with Crippen molar-refractivity contribution in [2.45, 2.75) is 45.1 Å². The lowest BCUT2D eigenvalue weighted by atomic mass is 9.99. The Hall–Kier alpha value is -2.34. The van der Waals surface area contributed by atoms with Crippen molar-refractivity contribution < 1.29 is 14.3 Å². The van der Waals surface area contributed by atoms with Crippen molar-refractivity contribution in [2.24, 2.45) is 5.92 Å². The quantitative estimate of drug-likeness (QED) is 0.746. The number of aromatic nitrogens is 1.